The maximum absolute atomic E-state index is 14.9. The number of benzene rings is 2. The molecule has 0 unspecified atom stereocenters. The van der Waals surface area contributed by atoms with Crippen molar-refractivity contribution in [1.82, 2.24) is 19.9 Å². The van der Waals surface area contributed by atoms with Crippen molar-refractivity contribution in [2.45, 2.75) is 26.7 Å². The van der Waals surface area contributed by atoms with E-state index in [0.717, 1.165) is 30.5 Å². The molecule has 36 heavy (non-hydrogen) atoms. The predicted octanol–water partition coefficient (Wildman–Crippen LogP) is 6.73. The molecule has 184 valence electrons. The second kappa shape index (κ2) is 11.1. The van der Waals surface area contributed by atoms with Gasteiger partial charge in [-0.15, -0.1) is 0 Å². The first-order valence-corrected chi connectivity index (χ1v) is 11.3. The standard InChI is InChI=1S/C27H22F4N4O/c1-3-5-6-7-16-12-32-26(33-13-16)17-14-34-27(35-15-17)20-9-8-18(22(28)24(20)30)19-10-11-21(36-4-2)25(31)23(19)29/h3,5,8-15H,4,6-7H2,1-2H3/b5-3+. The van der Waals surface area contributed by atoms with Crippen LogP contribution in [0.15, 0.2) is 61.2 Å². The first-order chi connectivity index (χ1) is 17.4. The lowest BCUT2D eigenvalue weighted by Gasteiger charge is -2.11. The lowest BCUT2D eigenvalue weighted by molar-refractivity contribution is 0.314. The SMILES string of the molecule is C/C=C/CCc1cnc(-c2cnc(-c3ccc(-c4ccc(OCC)c(F)c4F)c(F)c3F)nc2)nc1. The van der Waals surface area contributed by atoms with Crippen LogP contribution < -0.4 is 4.74 Å². The summed E-state index contributed by atoms with van der Waals surface area (Å²) in [5, 5.41) is 0. The number of aromatic nitrogens is 4. The lowest BCUT2D eigenvalue weighted by atomic mass is 10.0. The van der Waals surface area contributed by atoms with Gasteiger partial charge in [0.05, 0.1) is 17.7 Å². The van der Waals surface area contributed by atoms with Gasteiger partial charge in [-0.05, 0) is 50.5 Å². The van der Waals surface area contributed by atoms with Gasteiger partial charge in [-0.1, -0.05) is 18.2 Å². The van der Waals surface area contributed by atoms with Crippen LogP contribution in [0.25, 0.3) is 33.9 Å². The van der Waals surface area contributed by atoms with E-state index in [9.17, 15) is 17.6 Å². The van der Waals surface area contributed by atoms with Crippen molar-refractivity contribution in [3.8, 4) is 39.7 Å². The molecule has 2 aromatic heterocycles. The Labute approximate surface area is 205 Å². The summed E-state index contributed by atoms with van der Waals surface area (Å²) < 4.78 is 63.6. The van der Waals surface area contributed by atoms with Crippen molar-refractivity contribution in [2.75, 3.05) is 6.61 Å². The number of nitrogens with zero attached hydrogens (tertiary/aromatic N) is 4. The number of aryl methyl sites for hydroxylation is 1. The molecule has 9 heteroatoms. The van der Waals surface area contributed by atoms with Gasteiger partial charge in [-0.3, -0.25) is 0 Å². The Morgan fingerprint density at radius 1 is 0.722 bits per heavy atom. The monoisotopic (exact) mass is 494 g/mol. The molecule has 0 atom stereocenters. The van der Waals surface area contributed by atoms with Gasteiger partial charge in [0, 0.05) is 35.9 Å². The summed E-state index contributed by atoms with van der Waals surface area (Å²) in [7, 11) is 0. The second-order valence-corrected chi connectivity index (χ2v) is 7.78. The quantitative estimate of drug-likeness (QED) is 0.201. The Hall–Kier alpha value is -4.14. The molecule has 0 saturated carbocycles. The van der Waals surface area contributed by atoms with Crippen LogP contribution in [0.2, 0.25) is 0 Å². The number of allylic oxidation sites excluding steroid dienone is 2. The minimum Gasteiger partial charge on any atom is -0.491 e. The van der Waals surface area contributed by atoms with E-state index in [4.69, 9.17) is 4.74 Å². The van der Waals surface area contributed by atoms with E-state index < -0.39 is 34.4 Å². The highest BCUT2D eigenvalue weighted by Gasteiger charge is 2.22. The van der Waals surface area contributed by atoms with Crippen LogP contribution in [-0.4, -0.2) is 26.5 Å². The summed E-state index contributed by atoms with van der Waals surface area (Å²) >= 11 is 0. The highest BCUT2D eigenvalue weighted by Crippen LogP contribution is 2.34. The number of ether oxygens (including phenoxy) is 1. The van der Waals surface area contributed by atoms with Gasteiger partial charge in [0.25, 0.3) is 0 Å². The van der Waals surface area contributed by atoms with Crippen molar-refractivity contribution in [3.05, 3.63) is 90.0 Å². The Kier molecular flexibility index (Phi) is 7.68. The molecule has 0 spiro atoms. The fourth-order valence-corrected chi connectivity index (χ4v) is 3.57. The van der Waals surface area contributed by atoms with Gasteiger partial charge in [0.1, 0.15) is 0 Å². The zero-order chi connectivity index (χ0) is 25.7. The van der Waals surface area contributed by atoms with E-state index >= 15 is 0 Å². The summed E-state index contributed by atoms with van der Waals surface area (Å²) in [6.07, 6.45) is 12.0. The third kappa shape index (κ3) is 5.10. The highest BCUT2D eigenvalue weighted by atomic mass is 19.2. The van der Waals surface area contributed by atoms with Gasteiger partial charge in [0.2, 0.25) is 5.82 Å². The first kappa shape index (κ1) is 25.0. The second-order valence-electron chi connectivity index (χ2n) is 7.78. The molecule has 4 aromatic rings. The minimum absolute atomic E-state index is 0.0805. The average molecular weight is 494 g/mol. The molecule has 0 aliphatic heterocycles. The molecule has 0 aliphatic carbocycles. The number of halogens is 4. The lowest BCUT2D eigenvalue weighted by Crippen LogP contribution is -2.01. The molecule has 2 aromatic carbocycles. The van der Waals surface area contributed by atoms with Crippen molar-refractivity contribution in [2.24, 2.45) is 0 Å². The molecular weight excluding hydrogens is 472 g/mol. The van der Waals surface area contributed by atoms with Crippen molar-refractivity contribution in [1.29, 1.82) is 0 Å². The van der Waals surface area contributed by atoms with E-state index in [0.29, 0.717) is 11.4 Å². The van der Waals surface area contributed by atoms with Crippen molar-refractivity contribution in [3.63, 3.8) is 0 Å². The van der Waals surface area contributed by atoms with Crippen LogP contribution in [0.4, 0.5) is 17.6 Å². The molecule has 0 radical (unpaired) electrons. The van der Waals surface area contributed by atoms with E-state index in [1.165, 1.54) is 24.5 Å². The van der Waals surface area contributed by atoms with E-state index in [1.54, 1.807) is 19.3 Å². The van der Waals surface area contributed by atoms with Crippen LogP contribution >= 0.6 is 0 Å². The normalized spacial score (nSPS) is 11.3. The molecule has 5 nitrogen and oxygen atoms in total. The summed E-state index contributed by atoms with van der Waals surface area (Å²) in [5.41, 5.74) is 0.394. The molecule has 0 N–H and O–H groups in total. The van der Waals surface area contributed by atoms with Crippen LogP contribution in [0.1, 0.15) is 25.8 Å². The maximum Gasteiger partial charge on any atom is 0.201 e. The van der Waals surface area contributed by atoms with E-state index in [2.05, 4.69) is 26.0 Å². The van der Waals surface area contributed by atoms with Crippen LogP contribution in [0, 0.1) is 23.3 Å². The molecule has 0 aliphatic rings. The topological polar surface area (TPSA) is 60.8 Å². The number of hydrogen-bond acceptors (Lipinski definition) is 5. The molecule has 0 amide bonds. The van der Waals surface area contributed by atoms with Gasteiger partial charge in [-0.25, -0.2) is 33.1 Å². The third-order valence-electron chi connectivity index (χ3n) is 5.41. The maximum atomic E-state index is 14.9. The molecule has 4 rings (SSSR count). The third-order valence-corrected chi connectivity index (χ3v) is 5.41. The zero-order valence-electron chi connectivity index (χ0n) is 19.6. The predicted molar refractivity (Wildman–Crippen MR) is 128 cm³/mol. The summed E-state index contributed by atoms with van der Waals surface area (Å²) in [6, 6.07) is 4.67. The molecule has 0 bridgehead atoms. The Balaban J connectivity index is 1.59. The summed E-state index contributed by atoms with van der Waals surface area (Å²) in [4.78, 5) is 16.9. The van der Waals surface area contributed by atoms with Gasteiger partial charge >= 0.3 is 0 Å². The molecule has 2 heterocycles. The average Bonchev–Trinajstić information content (AvgIpc) is 2.90. The summed E-state index contributed by atoms with van der Waals surface area (Å²) in [6.45, 7) is 3.70. The van der Waals surface area contributed by atoms with Gasteiger partial charge in [0.15, 0.2) is 34.8 Å². The highest BCUT2D eigenvalue weighted by molar-refractivity contribution is 5.70. The van der Waals surface area contributed by atoms with E-state index in [1.807, 2.05) is 13.0 Å². The zero-order valence-corrected chi connectivity index (χ0v) is 19.6. The fourth-order valence-electron chi connectivity index (χ4n) is 3.57. The smallest absolute Gasteiger partial charge is 0.201 e. The Morgan fingerprint density at radius 2 is 1.28 bits per heavy atom. The molecular formula is C27H22F4N4O. The van der Waals surface area contributed by atoms with Crippen molar-refractivity contribution >= 4 is 0 Å². The van der Waals surface area contributed by atoms with Crippen LogP contribution in [0.3, 0.4) is 0 Å². The first-order valence-electron chi connectivity index (χ1n) is 11.3. The Bertz CT molecular complexity index is 1390. The Morgan fingerprint density at radius 3 is 1.92 bits per heavy atom. The van der Waals surface area contributed by atoms with Crippen LogP contribution in [0.5, 0.6) is 5.75 Å². The minimum atomic E-state index is -1.35. The fraction of sp³-hybridized carbons (Fsp3) is 0.185. The van der Waals surface area contributed by atoms with Crippen molar-refractivity contribution < 1.29 is 22.3 Å². The van der Waals surface area contributed by atoms with Gasteiger partial charge in [-0.2, -0.15) is 4.39 Å². The van der Waals surface area contributed by atoms with E-state index in [-0.39, 0.29) is 23.7 Å². The van der Waals surface area contributed by atoms with Gasteiger partial charge < -0.3 is 4.74 Å². The molecule has 0 saturated heterocycles. The van der Waals surface area contributed by atoms with Crippen LogP contribution in [-0.2, 0) is 6.42 Å². The number of hydrogen-bond donors (Lipinski definition) is 0. The summed E-state index contributed by atoms with van der Waals surface area (Å²) in [5.74, 6) is -5.23. The number of rotatable bonds is 8. The largest absolute Gasteiger partial charge is 0.491 e. The molecule has 0 fully saturated rings.